The van der Waals surface area contributed by atoms with Crippen molar-refractivity contribution in [2.45, 2.75) is 59.1 Å². The van der Waals surface area contributed by atoms with Gasteiger partial charge in [0, 0.05) is 0 Å². The fraction of sp³-hybridized carbons (Fsp3) is 0.769. The zero-order chi connectivity index (χ0) is 14.1. The summed E-state index contributed by atoms with van der Waals surface area (Å²) in [5.74, 6) is -0.698. The molecule has 1 aliphatic rings. The minimum atomic E-state index is -0.719. The van der Waals surface area contributed by atoms with Crippen molar-refractivity contribution in [3.05, 3.63) is 0 Å². The Balaban J connectivity index is 2.93. The number of carbonyl (C=O) groups is 3. The summed E-state index contributed by atoms with van der Waals surface area (Å²) in [5, 5.41) is 0. The number of Topliss-reactive ketones (excluding diaryl/α,β-unsaturated/α-hetero) is 1. The molecule has 2 unspecified atom stereocenters. The lowest BCUT2D eigenvalue weighted by Gasteiger charge is -2.29. The molecule has 1 rings (SSSR count). The molecule has 0 N–H and O–H groups in total. The number of amides is 2. The van der Waals surface area contributed by atoms with Crippen LogP contribution in [-0.4, -0.2) is 34.3 Å². The Kier molecular flexibility index (Phi) is 4.14. The first-order valence-corrected chi connectivity index (χ1v) is 6.25. The summed E-state index contributed by atoms with van der Waals surface area (Å²) in [6, 6.07) is -0.669. The highest BCUT2D eigenvalue weighted by Gasteiger charge is 2.46. The molecule has 102 valence electrons. The topological polar surface area (TPSA) is 63.7 Å². The van der Waals surface area contributed by atoms with Gasteiger partial charge in [0.15, 0.2) is 5.78 Å². The Morgan fingerprint density at radius 3 is 2.44 bits per heavy atom. The van der Waals surface area contributed by atoms with E-state index < -0.39 is 23.6 Å². The number of ether oxygens (including phenoxy) is 1. The van der Waals surface area contributed by atoms with Gasteiger partial charge in [-0.2, -0.15) is 0 Å². The van der Waals surface area contributed by atoms with Gasteiger partial charge in [-0.25, -0.2) is 9.69 Å². The van der Waals surface area contributed by atoms with Gasteiger partial charge in [-0.3, -0.25) is 9.59 Å². The standard InChI is InChI=1S/C13H21NO4/c1-6-8(2)11-9(15)7-10(16)14(11)12(17)18-13(3,4)5/h8,11H,6-7H2,1-5H3. The van der Waals surface area contributed by atoms with Crippen LogP contribution < -0.4 is 0 Å². The van der Waals surface area contributed by atoms with E-state index in [0.29, 0.717) is 0 Å². The number of hydrogen-bond donors (Lipinski definition) is 0. The molecule has 2 atom stereocenters. The second-order valence-corrected chi connectivity index (χ2v) is 5.72. The summed E-state index contributed by atoms with van der Waals surface area (Å²) in [6.45, 7) is 8.97. The Labute approximate surface area is 107 Å². The summed E-state index contributed by atoms with van der Waals surface area (Å²) in [7, 11) is 0. The van der Waals surface area contributed by atoms with Crippen LogP contribution in [0.4, 0.5) is 4.79 Å². The van der Waals surface area contributed by atoms with Crippen molar-refractivity contribution in [1.82, 2.24) is 4.90 Å². The van der Waals surface area contributed by atoms with E-state index >= 15 is 0 Å². The molecule has 5 heteroatoms. The molecule has 1 aliphatic heterocycles. The number of imide groups is 1. The number of rotatable bonds is 2. The molecule has 0 aromatic heterocycles. The first-order valence-electron chi connectivity index (χ1n) is 6.25. The van der Waals surface area contributed by atoms with Crippen LogP contribution in [0.3, 0.4) is 0 Å². The molecule has 0 saturated carbocycles. The fourth-order valence-corrected chi connectivity index (χ4v) is 1.96. The van der Waals surface area contributed by atoms with Crippen molar-refractivity contribution in [2.24, 2.45) is 5.92 Å². The first-order chi connectivity index (χ1) is 8.17. The van der Waals surface area contributed by atoms with E-state index in [4.69, 9.17) is 4.74 Å². The molecule has 18 heavy (non-hydrogen) atoms. The first kappa shape index (κ1) is 14.7. The van der Waals surface area contributed by atoms with Gasteiger partial charge in [-0.05, 0) is 26.7 Å². The van der Waals surface area contributed by atoms with Crippen molar-refractivity contribution < 1.29 is 19.1 Å². The van der Waals surface area contributed by atoms with Crippen LogP contribution in [0.15, 0.2) is 0 Å². The lowest BCUT2D eigenvalue weighted by molar-refractivity contribution is -0.128. The number of nitrogens with zero attached hydrogens (tertiary/aromatic N) is 1. The number of hydrogen-bond acceptors (Lipinski definition) is 4. The van der Waals surface area contributed by atoms with E-state index in [1.54, 1.807) is 20.8 Å². The van der Waals surface area contributed by atoms with Gasteiger partial charge < -0.3 is 4.74 Å². The van der Waals surface area contributed by atoms with Crippen LogP contribution in [0.25, 0.3) is 0 Å². The van der Waals surface area contributed by atoms with Gasteiger partial charge in [0.2, 0.25) is 5.91 Å². The van der Waals surface area contributed by atoms with Gasteiger partial charge in [0.25, 0.3) is 0 Å². The normalized spacial score (nSPS) is 22.3. The summed E-state index contributed by atoms with van der Waals surface area (Å²) in [6.07, 6.45) is -0.194. The van der Waals surface area contributed by atoms with Gasteiger partial charge in [0.05, 0.1) is 6.42 Å². The molecule has 0 radical (unpaired) electrons. The van der Waals surface area contributed by atoms with Crippen LogP contribution in [0.2, 0.25) is 0 Å². The fourth-order valence-electron chi connectivity index (χ4n) is 1.96. The molecule has 0 aromatic rings. The zero-order valence-corrected chi connectivity index (χ0v) is 11.6. The second-order valence-electron chi connectivity index (χ2n) is 5.72. The molecular weight excluding hydrogens is 234 g/mol. The lowest BCUT2D eigenvalue weighted by atomic mass is 9.96. The van der Waals surface area contributed by atoms with Crippen LogP contribution in [0, 0.1) is 5.92 Å². The van der Waals surface area contributed by atoms with E-state index in [0.717, 1.165) is 11.3 Å². The Bertz CT molecular complexity index is 370. The quantitative estimate of drug-likeness (QED) is 0.709. The maximum atomic E-state index is 12.0. The van der Waals surface area contributed by atoms with Gasteiger partial charge >= 0.3 is 6.09 Å². The van der Waals surface area contributed by atoms with Crippen molar-refractivity contribution >= 4 is 17.8 Å². The smallest absolute Gasteiger partial charge is 0.417 e. The highest BCUT2D eigenvalue weighted by Crippen LogP contribution is 2.26. The second kappa shape index (κ2) is 5.08. The molecule has 0 bridgehead atoms. The molecule has 0 spiro atoms. The Hall–Kier alpha value is -1.39. The molecule has 1 heterocycles. The third-order valence-corrected chi connectivity index (χ3v) is 2.98. The summed E-state index contributed by atoms with van der Waals surface area (Å²) in [5.41, 5.74) is -0.678. The molecule has 1 saturated heterocycles. The summed E-state index contributed by atoms with van der Waals surface area (Å²) < 4.78 is 5.18. The maximum absolute atomic E-state index is 12.0. The van der Waals surface area contributed by atoms with Gasteiger partial charge in [-0.15, -0.1) is 0 Å². The predicted molar refractivity (Wildman–Crippen MR) is 65.9 cm³/mol. The molecule has 2 amide bonds. The third-order valence-electron chi connectivity index (χ3n) is 2.98. The summed E-state index contributed by atoms with van der Waals surface area (Å²) in [4.78, 5) is 36.5. The lowest BCUT2D eigenvalue weighted by Crippen LogP contribution is -2.46. The zero-order valence-electron chi connectivity index (χ0n) is 11.6. The molecule has 0 aliphatic carbocycles. The Morgan fingerprint density at radius 2 is 2.00 bits per heavy atom. The van der Waals surface area contributed by atoms with E-state index in [2.05, 4.69) is 0 Å². The van der Waals surface area contributed by atoms with Gasteiger partial charge in [0.1, 0.15) is 11.6 Å². The van der Waals surface area contributed by atoms with E-state index in [9.17, 15) is 14.4 Å². The molecule has 5 nitrogen and oxygen atoms in total. The number of ketones is 1. The van der Waals surface area contributed by atoms with Crippen LogP contribution in [-0.2, 0) is 14.3 Å². The van der Waals surface area contributed by atoms with Crippen LogP contribution in [0.1, 0.15) is 47.5 Å². The molecular formula is C13H21NO4. The average Bonchev–Trinajstić information content (AvgIpc) is 2.49. The van der Waals surface area contributed by atoms with Gasteiger partial charge in [-0.1, -0.05) is 20.3 Å². The monoisotopic (exact) mass is 255 g/mol. The van der Waals surface area contributed by atoms with Crippen molar-refractivity contribution in [3.63, 3.8) is 0 Å². The predicted octanol–water partition coefficient (Wildman–Crippen LogP) is 2.14. The van der Waals surface area contributed by atoms with E-state index in [-0.39, 0.29) is 18.1 Å². The summed E-state index contributed by atoms with van der Waals surface area (Å²) >= 11 is 0. The third kappa shape index (κ3) is 3.09. The maximum Gasteiger partial charge on any atom is 0.417 e. The SMILES string of the molecule is CCC(C)C1C(=O)CC(=O)N1C(=O)OC(C)(C)C. The molecule has 0 aromatic carbocycles. The Morgan fingerprint density at radius 1 is 1.44 bits per heavy atom. The number of carbonyl (C=O) groups excluding carboxylic acids is 3. The van der Waals surface area contributed by atoms with E-state index in [1.165, 1.54) is 0 Å². The molecule has 1 fully saturated rings. The van der Waals surface area contributed by atoms with Crippen molar-refractivity contribution in [3.8, 4) is 0 Å². The van der Waals surface area contributed by atoms with E-state index in [1.807, 2.05) is 13.8 Å². The van der Waals surface area contributed by atoms with Crippen molar-refractivity contribution in [2.75, 3.05) is 0 Å². The highest BCUT2D eigenvalue weighted by atomic mass is 16.6. The largest absolute Gasteiger partial charge is 0.443 e. The van der Waals surface area contributed by atoms with Crippen LogP contribution in [0.5, 0.6) is 0 Å². The van der Waals surface area contributed by atoms with Crippen molar-refractivity contribution in [1.29, 1.82) is 0 Å². The highest BCUT2D eigenvalue weighted by molar-refractivity contribution is 6.13. The minimum Gasteiger partial charge on any atom is -0.443 e. The number of likely N-dealkylation sites (tertiary alicyclic amines) is 1. The van der Waals surface area contributed by atoms with Crippen LogP contribution >= 0.6 is 0 Å². The average molecular weight is 255 g/mol. The minimum absolute atomic E-state index is 0.0449.